The van der Waals surface area contributed by atoms with Gasteiger partial charge >= 0.3 is 0 Å². The minimum atomic E-state index is -0.107. The summed E-state index contributed by atoms with van der Waals surface area (Å²) in [6.45, 7) is 5.78. The molecule has 0 aliphatic carbocycles. The van der Waals surface area contributed by atoms with Gasteiger partial charge in [-0.2, -0.15) is 0 Å². The van der Waals surface area contributed by atoms with E-state index in [-0.39, 0.29) is 17.3 Å². The first-order valence-electron chi connectivity index (χ1n) is 9.08. The quantitative estimate of drug-likeness (QED) is 0.603. The number of nitrogens with zero attached hydrogens (tertiary/aromatic N) is 3. The summed E-state index contributed by atoms with van der Waals surface area (Å²) >= 11 is 1.02. The van der Waals surface area contributed by atoms with Crippen LogP contribution in [0.25, 0.3) is 6.08 Å². The normalized spacial score (nSPS) is 19.2. The van der Waals surface area contributed by atoms with Gasteiger partial charge in [-0.3, -0.25) is 9.59 Å². The molecule has 0 atom stereocenters. The van der Waals surface area contributed by atoms with Gasteiger partial charge in [0, 0.05) is 31.9 Å². The molecule has 1 aromatic heterocycles. The van der Waals surface area contributed by atoms with E-state index in [9.17, 15) is 9.59 Å². The molecular weight excluding hydrogens is 358 g/mol. The van der Waals surface area contributed by atoms with E-state index in [0.717, 1.165) is 49.5 Å². The lowest BCUT2D eigenvalue weighted by molar-refractivity contribution is -0.119. The van der Waals surface area contributed by atoms with Crippen molar-refractivity contribution in [2.24, 2.45) is 0 Å². The molecule has 0 amide bonds. The number of hydrogen-bond acceptors (Lipinski definition) is 6. The molecule has 0 unspecified atom stereocenters. The zero-order valence-corrected chi connectivity index (χ0v) is 16.0. The Bertz CT molecular complexity index is 900. The van der Waals surface area contributed by atoms with Crippen LogP contribution in [-0.4, -0.2) is 42.1 Å². The number of carbonyl (C=O) groups excluding carboxylic acids is 2. The van der Waals surface area contributed by atoms with Crippen LogP contribution in [0.3, 0.4) is 0 Å². The third kappa shape index (κ3) is 4.06. The fourth-order valence-electron chi connectivity index (χ4n) is 3.32. The van der Waals surface area contributed by atoms with E-state index in [4.69, 9.17) is 0 Å². The van der Waals surface area contributed by atoms with Crippen LogP contribution in [0.1, 0.15) is 17.7 Å². The van der Waals surface area contributed by atoms with Crippen molar-refractivity contribution in [3.8, 4) is 0 Å². The van der Waals surface area contributed by atoms with E-state index >= 15 is 0 Å². The smallest absolute Gasteiger partial charge is 0.201 e. The van der Waals surface area contributed by atoms with E-state index in [2.05, 4.69) is 46.0 Å². The van der Waals surface area contributed by atoms with E-state index in [1.54, 1.807) is 6.08 Å². The van der Waals surface area contributed by atoms with Crippen molar-refractivity contribution < 1.29 is 9.59 Å². The molecular formula is C21H21N3O2S. The number of benzene rings is 1. The average Bonchev–Trinajstić information content (AvgIpc) is 3.00. The molecule has 2 fully saturated rings. The Kier molecular flexibility index (Phi) is 4.99. The SMILES string of the molecule is Cc1ccc(N2CCN(c3cccc(/C=C4\SC(=O)CC4=O)n3)CC2)cc1. The van der Waals surface area contributed by atoms with E-state index in [1.165, 1.54) is 11.3 Å². The van der Waals surface area contributed by atoms with Crippen LogP contribution in [0.2, 0.25) is 0 Å². The molecule has 2 aliphatic rings. The number of Topliss-reactive ketones (excluding diaryl/α,β-unsaturated/α-hetero) is 1. The average molecular weight is 379 g/mol. The molecule has 5 nitrogen and oxygen atoms in total. The Balaban J connectivity index is 1.44. The number of aromatic nitrogens is 1. The van der Waals surface area contributed by atoms with Crippen LogP contribution < -0.4 is 9.80 Å². The van der Waals surface area contributed by atoms with Crippen molar-refractivity contribution >= 4 is 40.2 Å². The second-order valence-corrected chi connectivity index (χ2v) is 7.91. The van der Waals surface area contributed by atoms with Crippen molar-refractivity contribution in [3.05, 3.63) is 58.6 Å². The predicted octanol–water partition coefficient (Wildman–Crippen LogP) is 3.29. The number of carbonyl (C=O) groups is 2. The summed E-state index contributed by atoms with van der Waals surface area (Å²) in [7, 11) is 0. The summed E-state index contributed by atoms with van der Waals surface area (Å²) < 4.78 is 0. The second kappa shape index (κ2) is 7.56. The molecule has 2 saturated heterocycles. The summed E-state index contributed by atoms with van der Waals surface area (Å²) in [5.74, 6) is 0.804. The zero-order chi connectivity index (χ0) is 18.8. The number of rotatable bonds is 3. The molecule has 2 aliphatic heterocycles. The van der Waals surface area contributed by atoms with Crippen LogP contribution in [0.4, 0.5) is 11.5 Å². The highest BCUT2D eigenvalue weighted by Crippen LogP contribution is 2.30. The molecule has 0 radical (unpaired) electrons. The number of allylic oxidation sites excluding steroid dienone is 1. The number of anilines is 2. The van der Waals surface area contributed by atoms with Crippen molar-refractivity contribution in [1.29, 1.82) is 0 Å². The Morgan fingerprint density at radius 1 is 0.963 bits per heavy atom. The van der Waals surface area contributed by atoms with Gasteiger partial charge < -0.3 is 9.80 Å². The molecule has 4 rings (SSSR count). The van der Waals surface area contributed by atoms with Gasteiger partial charge in [0.25, 0.3) is 0 Å². The minimum Gasteiger partial charge on any atom is -0.368 e. The Hall–Kier alpha value is -2.60. The standard InChI is InChI=1S/C21H21N3O2S/c1-15-5-7-17(8-6-15)23-9-11-24(12-10-23)20-4-2-3-16(22-20)13-19-18(25)14-21(26)27-19/h2-8,13H,9-12,14H2,1H3/b19-13-. The van der Waals surface area contributed by atoms with Crippen molar-refractivity contribution in [2.45, 2.75) is 13.3 Å². The van der Waals surface area contributed by atoms with Gasteiger partial charge in [-0.15, -0.1) is 0 Å². The number of hydrogen-bond donors (Lipinski definition) is 0. The summed E-state index contributed by atoms with van der Waals surface area (Å²) in [6, 6.07) is 14.5. The number of pyridine rings is 1. The van der Waals surface area contributed by atoms with Gasteiger partial charge in [0.2, 0.25) is 5.12 Å². The monoisotopic (exact) mass is 379 g/mol. The first-order chi connectivity index (χ1) is 13.1. The highest BCUT2D eigenvalue weighted by atomic mass is 32.2. The van der Waals surface area contributed by atoms with Crippen LogP contribution in [0.5, 0.6) is 0 Å². The second-order valence-electron chi connectivity index (χ2n) is 6.81. The first-order valence-corrected chi connectivity index (χ1v) is 9.89. The third-order valence-corrected chi connectivity index (χ3v) is 5.78. The molecule has 0 spiro atoms. The summed E-state index contributed by atoms with van der Waals surface area (Å²) in [6.07, 6.45) is 1.72. The van der Waals surface area contributed by atoms with Crippen LogP contribution >= 0.6 is 11.8 Å². The molecule has 6 heteroatoms. The molecule has 138 valence electrons. The topological polar surface area (TPSA) is 53.5 Å². The maximum atomic E-state index is 11.8. The lowest BCUT2D eigenvalue weighted by Crippen LogP contribution is -2.46. The van der Waals surface area contributed by atoms with Gasteiger partial charge in [-0.1, -0.05) is 23.8 Å². The van der Waals surface area contributed by atoms with E-state index < -0.39 is 0 Å². The maximum absolute atomic E-state index is 11.8. The van der Waals surface area contributed by atoms with E-state index in [0.29, 0.717) is 4.91 Å². The van der Waals surface area contributed by atoms with Gasteiger partial charge in [0.1, 0.15) is 5.82 Å². The molecule has 0 N–H and O–H groups in total. The number of thioether (sulfide) groups is 1. The number of ketones is 1. The van der Waals surface area contributed by atoms with E-state index in [1.807, 2.05) is 18.2 Å². The predicted molar refractivity (Wildman–Crippen MR) is 110 cm³/mol. The van der Waals surface area contributed by atoms with Crippen LogP contribution in [0, 0.1) is 6.92 Å². The Labute approximate surface area is 163 Å². The largest absolute Gasteiger partial charge is 0.368 e. The van der Waals surface area contributed by atoms with Gasteiger partial charge in [-0.05, 0) is 49.0 Å². The fourth-order valence-corrected chi connectivity index (χ4v) is 4.14. The molecule has 2 aromatic rings. The lowest BCUT2D eigenvalue weighted by atomic mass is 10.2. The fraction of sp³-hybridized carbons (Fsp3) is 0.286. The highest BCUT2D eigenvalue weighted by Gasteiger charge is 2.26. The van der Waals surface area contributed by atoms with Crippen molar-refractivity contribution in [3.63, 3.8) is 0 Å². The number of piperazine rings is 1. The van der Waals surface area contributed by atoms with Crippen LogP contribution in [0.15, 0.2) is 47.4 Å². The molecule has 3 heterocycles. The molecule has 0 bridgehead atoms. The molecule has 1 aromatic carbocycles. The summed E-state index contributed by atoms with van der Waals surface area (Å²) in [5.41, 5.74) is 3.25. The van der Waals surface area contributed by atoms with Gasteiger partial charge in [0.05, 0.1) is 17.0 Å². The van der Waals surface area contributed by atoms with Gasteiger partial charge in [-0.25, -0.2) is 4.98 Å². The van der Waals surface area contributed by atoms with Gasteiger partial charge in [0.15, 0.2) is 5.78 Å². The van der Waals surface area contributed by atoms with Crippen LogP contribution in [-0.2, 0) is 9.59 Å². The third-order valence-electron chi connectivity index (χ3n) is 4.84. The highest BCUT2D eigenvalue weighted by molar-refractivity contribution is 8.18. The molecule has 0 saturated carbocycles. The summed E-state index contributed by atoms with van der Waals surface area (Å²) in [5, 5.41) is -0.0883. The Morgan fingerprint density at radius 3 is 2.33 bits per heavy atom. The Morgan fingerprint density at radius 2 is 1.67 bits per heavy atom. The summed E-state index contributed by atoms with van der Waals surface area (Å²) in [4.78, 5) is 33.0. The lowest BCUT2D eigenvalue weighted by Gasteiger charge is -2.36. The van der Waals surface area contributed by atoms with Crippen molar-refractivity contribution in [1.82, 2.24) is 4.98 Å². The van der Waals surface area contributed by atoms with Crippen molar-refractivity contribution in [2.75, 3.05) is 36.0 Å². The minimum absolute atomic E-state index is 0.00282. The molecule has 27 heavy (non-hydrogen) atoms. The first kappa shape index (κ1) is 17.8. The maximum Gasteiger partial charge on any atom is 0.201 e. The number of aryl methyl sites for hydroxylation is 1. The zero-order valence-electron chi connectivity index (χ0n) is 15.2.